The van der Waals surface area contributed by atoms with Gasteiger partial charge in [0.1, 0.15) is 0 Å². The Morgan fingerprint density at radius 3 is 2.65 bits per heavy atom. The summed E-state index contributed by atoms with van der Waals surface area (Å²) >= 11 is 13.5. The molecule has 104 valence electrons. The molecule has 5 heteroatoms. The molecule has 1 N–H and O–H groups in total. The zero-order chi connectivity index (χ0) is 14.5. The third-order valence-corrected chi connectivity index (χ3v) is 4.11. The highest BCUT2D eigenvalue weighted by atomic mass is 35.5. The molecule has 0 heterocycles. The zero-order valence-corrected chi connectivity index (χ0v) is 13.1. The summed E-state index contributed by atoms with van der Waals surface area (Å²) in [6, 6.07) is 12.5. The number of anilines is 1. The highest BCUT2D eigenvalue weighted by molar-refractivity contribution is 7.99. The normalized spacial score (nSPS) is 10.3. The van der Waals surface area contributed by atoms with Crippen LogP contribution in [0.25, 0.3) is 0 Å². The van der Waals surface area contributed by atoms with Crippen LogP contribution >= 0.6 is 35.0 Å². The van der Waals surface area contributed by atoms with E-state index < -0.39 is 0 Å². The first-order valence-electron chi connectivity index (χ1n) is 6.10. The molecule has 0 radical (unpaired) electrons. The van der Waals surface area contributed by atoms with Crippen LogP contribution in [0.1, 0.15) is 17.3 Å². The first kappa shape index (κ1) is 15.2. The topological polar surface area (TPSA) is 29.1 Å². The molecular weight excluding hydrogens is 313 g/mol. The molecule has 0 unspecified atom stereocenters. The van der Waals surface area contributed by atoms with E-state index >= 15 is 0 Å². The summed E-state index contributed by atoms with van der Waals surface area (Å²) in [5, 5.41) is 3.74. The Balaban J connectivity index is 2.23. The molecule has 0 fully saturated rings. The third kappa shape index (κ3) is 3.69. The van der Waals surface area contributed by atoms with Gasteiger partial charge >= 0.3 is 0 Å². The summed E-state index contributed by atoms with van der Waals surface area (Å²) in [5.41, 5.74) is 1.20. The van der Waals surface area contributed by atoms with Gasteiger partial charge in [0.2, 0.25) is 0 Å². The Morgan fingerprint density at radius 1 is 1.20 bits per heavy atom. The SMILES string of the molecule is CCSc1ccccc1NC(=O)c1ccc(Cl)cc1Cl. The first-order chi connectivity index (χ1) is 9.61. The highest BCUT2D eigenvalue weighted by Crippen LogP contribution is 2.28. The molecule has 0 aliphatic carbocycles. The van der Waals surface area contributed by atoms with Crippen molar-refractivity contribution < 1.29 is 4.79 Å². The van der Waals surface area contributed by atoms with E-state index in [0.29, 0.717) is 15.6 Å². The number of thioether (sulfide) groups is 1. The minimum Gasteiger partial charge on any atom is -0.321 e. The Hall–Kier alpha value is -1.16. The van der Waals surface area contributed by atoms with Crippen LogP contribution in [0.3, 0.4) is 0 Å². The molecule has 0 aliphatic rings. The van der Waals surface area contributed by atoms with Crippen LogP contribution in [-0.2, 0) is 0 Å². The van der Waals surface area contributed by atoms with E-state index in [1.807, 2.05) is 24.3 Å². The Bertz CT molecular complexity index is 631. The molecule has 0 spiro atoms. The van der Waals surface area contributed by atoms with Gasteiger partial charge in [0.15, 0.2) is 0 Å². The molecule has 0 saturated carbocycles. The van der Waals surface area contributed by atoms with Gasteiger partial charge in [-0.05, 0) is 36.1 Å². The van der Waals surface area contributed by atoms with Crippen LogP contribution in [-0.4, -0.2) is 11.7 Å². The van der Waals surface area contributed by atoms with Gasteiger partial charge in [-0.15, -0.1) is 11.8 Å². The van der Waals surface area contributed by atoms with Crippen molar-refractivity contribution in [2.75, 3.05) is 11.1 Å². The van der Waals surface area contributed by atoms with Crippen molar-refractivity contribution in [3.8, 4) is 0 Å². The van der Waals surface area contributed by atoms with Gasteiger partial charge in [0, 0.05) is 9.92 Å². The van der Waals surface area contributed by atoms with Crippen LogP contribution in [0.5, 0.6) is 0 Å². The molecule has 2 aromatic rings. The molecule has 0 saturated heterocycles. The number of hydrogen-bond donors (Lipinski definition) is 1. The summed E-state index contributed by atoms with van der Waals surface area (Å²) in [4.78, 5) is 13.3. The molecule has 2 aromatic carbocycles. The van der Waals surface area contributed by atoms with E-state index in [9.17, 15) is 4.79 Å². The average Bonchev–Trinajstić information content (AvgIpc) is 2.41. The monoisotopic (exact) mass is 325 g/mol. The van der Waals surface area contributed by atoms with E-state index in [4.69, 9.17) is 23.2 Å². The number of halogens is 2. The lowest BCUT2D eigenvalue weighted by Gasteiger charge is -2.11. The van der Waals surface area contributed by atoms with Gasteiger partial charge in [-0.25, -0.2) is 0 Å². The summed E-state index contributed by atoms with van der Waals surface area (Å²) in [7, 11) is 0. The number of benzene rings is 2. The molecule has 2 rings (SSSR count). The van der Waals surface area contributed by atoms with Crippen LogP contribution in [0.15, 0.2) is 47.4 Å². The van der Waals surface area contributed by atoms with Crippen molar-refractivity contribution in [2.45, 2.75) is 11.8 Å². The summed E-state index contributed by atoms with van der Waals surface area (Å²) in [6.07, 6.45) is 0. The van der Waals surface area contributed by atoms with E-state index in [2.05, 4.69) is 12.2 Å². The van der Waals surface area contributed by atoms with Gasteiger partial charge in [-0.1, -0.05) is 42.3 Å². The fourth-order valence-corrected chi connectivity index (χ4v) is 2.97. The standard InChI is InChI=1S/C15H13Cl2NOS/c1-2-20-14-6-4-3-5-13(14)18-15(19)11-8-7-10(16)9-12(11)17/h3-9H,2H2,1H3,(H,18,19). The van der Waals surface area contributed by atoms with E-state index in [1.165, 1.54) is 0 Å². The van der Waals surface area contributed by atoms with E-state index in [0.717, 1.165) is 16.3 Å². The molecule has 2 nitrogen and oxygen atoms in total. The molecule has 1 amide bonds. The highest BCUT2D eigenvalue weighted by Gasteiger charge is 2.12. The predicted molar refractivity (Wildman–Crippen MR) is 87.3 cm³/mol. The molecular formula is C15H13Cl2NOS. The fraction of sp³-hybridized carbons (Fsp3) is 0.133. The summed E-state index contributed by atoms with van der Waals surface area (Å²) in [6.45, 7) is 2.07. The van der Waals surface area contributed by atoms with Crippen LogP contribution < -0.4 is 5.32 Å². The molecule has 0 aromatic heterocycles. The lowest BCUT2D eigenvalue weighted by Crippen LogP contribution is -2.13. The molecule has 0 aliphatic heterocycles. The number of hydrogen-bond acceptors (Lipinski definition) is 2. The smallest absolute Gasteiger partial charge is 0.257 e. The van der Waals surface area contributed by atoms with Gasteiger partial charge in [-0.3, -0.25) is 4.79 Å². The van der Waals surface area contributed by atoms with Gasteiger partial charge in [-0.2, -0.15) is 0 Å². The van der Waals surface area contributed by atoms with Crippen molar-refractivity contribution in [3.63, 3.8) is 0 Å². The number of carbonyl (C=O) groups excluding carboxylic acids is 1. The molecule has 0 atom stereocenters. The lowest BCUT2D eigenvalue weighted by molar-refractivity contribution is 0.102. The number of para-hydroxylation sites is 1. The Kier molecular flexibility index (Phi) is 5.35. The van der Waals surface area contributed by atoms with Crippen molar-refractivity contribution in [2.24, 2.45) is 0 Å². The van der Waals surface area contributed by atoms with Gasteiger partial charge in [0.25, 0.3) is 5.91 Å². The number of carbonyl (C=O) groups is 1. The Labute approximate surface area is 132 Å². The fourth-order valence-electron chi connectivity index (χ4n) is 1.71. The minimum absolute atomic E-state index is 0.240. The van der Waals surface area contributed by atoms with Crippen LogP contribution in [0.4, 0.5) is 5.69 Å². The maximum atomic E-state index is 12.3. The summed E-state index contributed by atoms with van der Waals surface area (Å²) < 4.78 is 0. The third-order valence-electron chi connectivity index (χ3n) is 2.61. The largest absolute Gasteiger partial charge is 0.321 e. The van der Waals surface area contributed by atoms with E-state index in [-0.39, 0.29) is 5.91 Å². The first-order valence-corrected chi connectivity index (χ1v) is 7.84. The van der Waals surface area contributed by atoms with Crippen molar-refractivity contribution in [3.05, 3.63) is 58.1 Å². The van der Waals surface area contributed by atoms with Crippen LogP contribution in [0, 0.1) is 0 Å². The van der Waals surface area contributed by atoms with Gasteiger partial charge in [0.05, 0.1) is 16.3 Å². The van der Waals surface area contributed by atoms with Crippen molar-refractivity contribution in [1.82, 2.24) is 0 Å². The molecule has 20 heavy (non-hydrogen) atoms. The summed E-state index contributed by atoms with van der Waals surface area (Å²) in [5.74, 6) is 0.699. The average molecular weight is 326 g/mol. The second kappa shape index (κ2) is 7.02. The quantitative estimate of drug-likeness (QED) is 0.767. The second-order valence-corrected chi connectivity index (χ2v) is 6.16. The van der Waals surface area contributed by atoms with Crippen molar-refractivity contribution in [1.29, 1.82) is 0 Å². The zero-order valence-electron chi connectivity index (χ0n) is 10.8. The van der Waals surface area contributed by atoms with Crippen LogP contribution in [0.2, 0.25) is 10.0 Å². The number of nitrogens with one attached hydrogen (secondary N) is 1. The Morgan fingerprint density at radius 2 is 1.95 bits per heavy atom. The number of rotatable bonds is 4. The minimum atomic E-state index is -0.240. The van der Waals surface area contributed by atoms with Gasteiger partial charge < -0.3 is 5.32 Å². The maximum Gasteiger partial charge on any atom is 0.257 e. The number of amides is 1. The second-order valence-electron chi connectivity index (χ2n) is 4.01. The lowest BCUT2D eigenvalue weighted by atomic mass is 10.2. The predicted octanol–water partition coefficient (Wildman–Crippen LogP) is 5.36. The molecule has 0 bridgehead atoms. The van der Waals surface area contributed by atoms with Crippen molar-refractivity contribution >= 4 is 46.6 Å². The van der Waals surface area contributed by atoms with E-state index in [1.54, 1.807) is 30.0 Å². The maximum absolute atomic E-state index is 12.3.